The molecule has 102 valence electrons. The van der Waals surface area contributed by atoms with Crippen molar-refractivity contribution >= 4 is 27.5 Å². The van der Waals surface area contributed by atoms with E-state index in [0.717, 1.165) is 15.1 Å². The average molecular weight is 289 g/mol. The molecule has 6 heteroatoms. The molecule has 1 aromatic carbocycles. The Morgan fingerprint density at radius 3 is 2.75 bits per heavy atom. The Morgan fingerprint density at radius 2 is 2.00 bits per heavy atom. The van der Waals surface area contributed by atoms with Gasteiger partial charge in [-0.2, -0.15) is 4.98 Å². The number of nitrogens with two attached hydrogens (primary N) is 1. The molecule has 0 fully saturated rings. The van der Waals surface area contributed by atoms with Gasteiger partial charge in [0.05, 0.1) is 5.39 Å². The Morgan fingerprint density at radius 1 is 1.20 bits per heavy atom. The highest BCUT2D eigenvalue weighted by Gasteiger charge is 2.12. The molecule has 0 unspecified atom stereocenters. The van der Waals surface area contributed by atoms with E-state index >= 15 is 0 Å². The molecular formula is C14H12FN3OS. The Bertz CT molecular complexity index is 800. The van der Waals surface area contributed by atoms with Crippen LogP contribution in [0.15, 0.2) is 24.3 Å². The first-order valence-electron chi connectivity index (χ1n) is 6.00. The molecule has 0 aliphatic rings. The number of aryl methyl sites for hydroxylation is 2. The third-order valence-corrected chi connectivity index (χ3v) is 3.80. The minimum absolute atomic E-state index is 0.141. The van der Waals surface area contributed by atoms with E-state index in [4.69, 9.17) is 10.5 Å². The molecule has 0 bridgehead atoms. The molecule has 2 N–H and O–H groups in total. The Hall–Kier alpha value is -2.21. The van der Waals surface area contributed by atoms with Crippen LogP contribution in [0.3, 0.4) is 0 Å². The highest BCUT2D eigenvalue weighted by Crippen LogP contribution is 2.33. The molecule has 3 aromatic rings. The van der Waals surface area contributed by atoms with Crippen molar-refractivity contribution in [1.29, 1.82) is 0 Å². The van der Waals surface area contributed by atoms with Gasteiger partial charge in [0.1, 0.15) is 16.4 Å². The molecule has 0 aliphatic heterocycles. The van der Waals surface area contributed by atoms with Crippen LogP contribution in [-0.2, 0) is 0 Å². The fourth-order valence-corrected chi connectivity index (χ4v) is 2.74. The highest BCUT2D eigenvalue weighted by atomic mass is 32.1. The van der Waals surface area contributed by atoms with Crippen LogP contribution in [0.2, 0.25) is 0 Å². The minimum Gasteiger partial charge on any atom is -0.438 e. The number of anilines is 1. The first-order chi connectivity index (χ1) is 9.52. The van der Waals surface area contributed by atoms with Crippen molar-refractivity contribution in [1.82, 2.24) is 9.97 Å². The molecule has 3 rings (SSSR count). The molecule has 0 saturated carbocycles. The van der Waals surface area contributed by atoms with Gasteiger partial charge in [-0.25, -0.2) is 9.37 Å². The quantitative estimate of drug-likeness (QED) is 0.779. The number of nitrogens with zero attached hydrogens (tertiary/aromatic N) is 2. The summed E-state index contributed by atoms with van der Waals surface area (Å²) in [6.07, 6.45) is 0. The molecule has 2 heterocycles. The summed E-state index contributed by atoms with van der Waals surface area (Å²) in [7, 11) is 0. The van der Waals surface area contributed by atoms with Crippen molar-refractivity contribution in [2.75, 3.05) is 5.73 Å². The van der Waals surface area contributed by atoms with Gasteiger partial charge < -0.3 is 10.5 Å². The van der Waals surface area contributed by atoms with Crippen LogP contribution in [0, 0.1) is 19.7 Å². The highest BCUT2D eigenvalue weighted by molar-refractivity contribution is 7.18. The van der Waals surface area contributed by atoms with E-state index < -0.39 is 0 Å². The molecule has 0 radical (unpaired) electrons. The van der Waals surface area contributed by atoms with E-state index in [0.29, 0.717) is 17.2 Å². The number of aromatic nitrogens is 2. The van der Waals surface area contributed by atoms with Crippen molar-refractivity contribution in [2.24, 2.45) is 0 Å². The standard InChI is InChI=1S/C14H12FN3OS/c1-7-3-4-9(6-11(7)15)19-12-10-5-8(2)20-13(10)18-14(16)17-12/h3-6H,1-2H3,(H2,16,17,18). The summed E-state index contributed by atoms with van der Waals surface area (Å²) in [6, 6.07) is 6.62. The molecule has 20 heavy (non-hydrogen) atoms. The van der Waals surface area contributed by atoms with E-state index in [2.05, 4.69) is 9.97 Å². The number of ether oxygens (including phenoxy) is 1. The third kappa shape index (κ3) is 2.30. The average Bonchev–Trinajstić information content (AvgIpc) is 2.74. The third-order valence-electron chi connectivity index (χ3n) is 2.86. The van der Waals surface area contributed by atoms with Gasteiger partial charge in [0, 0.05) is 10.9 Å². The number of hydrogen-bond donors (Lipinski definition) is 1. The van der Waals surface area contributed by atoms with Crippen LogP contribution < -0.4 is 10.5 Å². The lowest BCUT2D eigenvalue weighted by molar-refractivity contribution is 0.463. The van der Waals surface area contributed by atoms with Crippen LogP contribution >= 0.6 is 11.3 Å². The normalized spacial score (nSPS) is 10.9. The van der Waals surface area contributed by atoms with Crippen molar-refractivity contribution in [2.45, 2.75) is 13.8 Å². The fraction of sp³-hybridized carbons (Fsp3) is 0.143. The lowest BCUT2D eigenvalue weighted by atomic mass is 10.2. The Kier molecular flexibility index (Phi) is 3.02. The second-order valence-electron chi connectivity index (χ2n) is 4.48. The number of halogens is 1. The summed E-state index contributed by atoms with van der Waals surface area (Å²) in [5, 5.41) is 0.780. The first-order valence-corrected chi connectivity index (χ1v) is 6.82. The van der Waals surface area contributed by atoms with Crippen LogP contribution in [0.1, 0.15) is 10.4 Å². The Balaban J connectivity index is 2.07. The number of benzene rings is 1. The lowest BCUT2D eigenvalue weighted by Crippen LogP contribution is -1.97. The number of hydrogen-bond acceptors (Lipinski definition) is 5. The van der Waals surface area contributed by atoms with Crippen LogP contribution in [0.5, 0.6) is 11.6 Å². The lowest BCUT2D eigenvalue weighted by Gasteiger charge is -2.07. The predicted molar refractivity (Wildman–Crippen MR) is 77.8 cm³/mol. The van der Waals surface area contributed by atoms with Gasteiger partial charge >= 0.3 is 0 Å². The zero-order valence-corrected chi connectivity index (χ0v) is 11.8. The van der Waals surface area contributed by atoms with E-state index in [9.17, 15) is 4.39 Å². The maximum absolute atomic E-state index is 13.5. The van der Waals surface area contributed by atoms with E-state index in [1.165, 1.54) is 17.4 Å². The predicted octanol–water partition coefficient (Wildman–Crippen LogP) is 3.82. The number of rotatable bonds is 2. The van der Waals surface area contributed by atoms with Gasteiger partial charge in [-0.3, -0.25) is 0 Å². The molecular weight excluding hydrogens is 277 g/mol. The van der Waals surface area contributed by atoms with Gasteiger partial charge in [0.15, 0.2) is 0 Å². The van der Waals surface area contributed by atoms with Crippen molar-refractivity contribution in [3.63, 3.8) is 0 Å². The van der Waals surface area contributed by atoms with E-state index in [-0.39, 0.29) is 11.8 Å². The topological polar surface area (TPSA) is 61.0 Å². The van der Waals surface area contributed by atoms with Crippen molar-refractivity contribution in [3.8, 4) is 11.6 Å². The maximum Gasteiger partial charge on any atom is 0.232 e. The van der Waals surface area contributed by atoms with Gasteiger partial charge in [-0.15, -0.1) is 11.3 Å². The number of fused-ring (bicyclic) bond motifs is 1. The Labute approximate surface area is 119 Å². The summed E-state index contributed by atoms with van der Waals surface area (Å²) >= 11 is 1.51. The van der Waals surface area contributed by atoms with Gasteiger partial charge in [0.2, 0.25) is 11.8 Å². The van der Waals surface area contributed by atoms with Gasteiger partial charge in [0.25, 0.3) is 0 Å². The molecule has 0 spiro atoms. The zero-order valence-electron chi connectivity index (χ0n) is 11.0. The summed E-state index contributed by atoms with van der Waals surface area (Å²) in [5.74, 6) is 0.556. The van der Waals surface area contributed by atoms with E-state index in [1.54, 1.807) is 19.1 Å². The summed E-state index contributed by atoms with van der Waals surface area (Å²) < 4.78 is 19.2. The monoisotopic (exact) mass is 289 g/mol. The van der Waals surface area contributed by atoms with E-state index in [1.807, 2.05) is 13.0 Å². The number of nitrogen functional groups attached to an aromatic ring is 1. The van der Waals surface area contributed by atoms with Gasteiger partial charge in [-0.1, -0.05) is 6.07 Å². The maximum atomic E-state index is 13.5. The second-order valence-corrected chi connectivity index (χ2v) is 5.71. The van der Waals surface area contributed by atoms with Crippen LogP contribution in [0.4, 0.5) is 10.3 Å². The second kappa shape index (κ2) is 4.72. The van der Waals surface area contributed by atoms with Crippen LogP contribution in [-0.4, -0.2) is 9.97 Å². The van der Waals surface area contributed by atoms with Gasteiger partial charge in [-0.05, 0) is 31.5 Å². The zero-order chi connectivity index (χ0) is 14.3. The molecule has 0 amide bonds. The molecule has 2 aromatic heterocycles. The summed E-state index contributed by atoms with van der Waals surface area (Å²) in [5.41, 5.74) is 6.24. The minimum atomic E-state index is -0.317. The molecule has 4 nitrogen and oxygen atoms in total. The summed E-state index contributed by atoms with van der Waals surface area (Å²) in [6.45, 7) is 3.67. The summed E-state index contributed by atoms with van der Waals surface area (Å²) in [4.78, 5) is 10.1. The largest absolute Gasteiger partial charge is 0.438 e. The number of thiophene rings is 1. The smallest absolute Gasteiger partial charge is 0.232 e. The molecule has 0 aliphatic carbocycles. The van der Waals surface area contributed by atoms with Crippen molar-refractivity contribution < 1.29 is 9.13 Å². The SMILES string of the molecule is Cc1cc2c(Oc3ccc(C)c(F)c3)nc(N)nc2s1. The fourth-order valence-electron chi connectivity index (χ4n) is 1.86. The van der Waals surface area contributed by atoms with Crippen LogP contribution in [0.25, 0.3) is 10.2 Å². The molecule has 0 saturated heterocycles. The molecule has 0 atom stereocenters. The first kappa shape index (κ1) is 12.8. The van der Waals surface area contributed by atoms with Crippen molar-refractivity contribution in [3.05, 3.63) is 40.5 Å².